The molecule has 8 heteroatoms. The quantitative estimate of drug-likeness (QED) is 0.817. The summed E-state index contributed by atoms with van der Waals surface area (Å²) in [7, 11) is -1.96. The van der Waals surface area contributed by atoms with Crippen molar-refractivity contribution in [2.75, 3.05) is 37.4 Å². The molecule has 1 amide bonds. The SMILES string of the molecule is CCOC(=O)NCCN(c1cccc(OC)c1)S(C)(=O)=O. The maximum absolute atomic E-state index is 11.9. The number of nitrogens with zero attached hydrogens (tertiary/aromatic N) is 1. The van der Waals surface area contributed by atoms with E-state index in [0.717, 1.165) is 6.26 Å². The van der Waals surface area contributed by atoms with Crippen LogP contribution in [0.1, 0.15) is 6.92 Å². The van der Waals surface area contributed by atoms with E-state index in [1.165, 1.54) is 11.4 Å². The molecule has 0 aliphatic rings. The summed E-state index contributed by atoms with van der Waals surface area (Å²) in [6.07, 6.45) is 0.535. The van der Waals surface area contributed by atoms with Crippen LogP contribution in [0.2, 0.25) is 0 Å². The number of hydrogen-bond donors (Lipinski definition) is 1. The molecule has 0 bridgehead atoms. The van der Waals surface area contributed by atoms with E-state index in [1.54, 1.807) is 31.2 Å². The molecule has 0 aliphatic carbocycles. The van der Waals surface area contributed by atoms with Crippen LogP contribution < -0.4 is 14.4 Å². The third-order valence-corrected chi connectivity index (χ3v) is 3.80. The highest BCUT2D eigenvalue weighted by Gasteiger charge is 2.18. The van der Waals surface area contributed by atoms with Crippen molar-refractivity contribution in [2.24, 2.45) is 0 Å². The van der Waals surface area contributed by atoms with Gasteiger partial charge in [-0.2, -0.15) is 0 Å². The van der Waals surface area contributed by atoms with E-state index >= 15 is 0 Å². The van der Waals surface area contributed by atoms with Crippen LogP contribution >= 0.6 is 0 Å². The van der Waals surface area contributed by atoms with E-state index in [0.29, 0.717) is 11.4 Å². The Labute approximate surface area is 124 Å². The summed E-state index contributed by atoms with van der Waals surface area (Å²) in [6.45, 7) is 2.20. The molecule has 1 aromatic rings. The number of alkyl carbamates (subject to hydrolysis) is 1. The standard InChI is InChI=1S/C13H20N2O5S/c1-4-20-13(16)14-8-9-15(21(3,17)18)11-6-5-7-12(10-11)19-2/h5-7,10H,4,8-9H2,1-3H3,(H,14,16). The normalized spacial score (nSPS) is 10.8. The van der Waals surface area contributed by atoms with Gasteiger partial charge in [0.1, 0.15) is 5.75 Å². The first-order chi connectivity index (χ1) is 9.88. The first-order valence-electron chi connectivity index (χ1n) is 6.41. The molecule has 0 spiro atoms. The number of benzene rings is 1. The number of carbonyl (C=O) groups excluding carboxylic acids is 1. The van der Waals surface area contributed by atoms with Crippen LogP contribution in [-0.2, 0) is 14.8 Å². The molecule has 0 saturated carbocycles. The predicted octanol–water partition coefficient (Wildman–Crippen LogP) is 1.21. The van der Waals surface area contributed by atoms with E-state index in [2.05, 4.69) is 5.32 Å². The molecule has 1 aromatic carbocycles. The van der Waals surface area contributed by atoms with Gasteiger partial charge in [0.25, 0.3) is 0 Å². The van der Waals surface area contributed by atoms with Crippen molar-refractivity contribution < 1.29 is 22.7 Å². The van der Waals surface area contributed by atoms with Gasteiger partial charge in [0.2, 0.25) is 10.0 Å². The second-order valence-electron chi connectivity index (χ2n) is 4.18. The van der Waals surface area contributed by atoms with Crippen molar-refractivity contribution in [1.82, 2.24) is 5.32 Å². The van der Waals surface area contributed by atoms with Crippen molar-refractivity contribution in [2.45, 2.75) is 6.92 Å². The van der Waals surface area contributed by atoms with Gasteiger partial charge in [0, 0.05) is 12.6 Å². The van der Waals surface area contributed by atoms with Crippen LogP contribution in [0.5, 0.6) is 5.75 Å². The second kappa shape index (κ2) is 7.72. The highest BCUT2D eigenvalue weighted by Crippen LogP contribution is 2.22. The van der Waals surface area contributed by atoms with E-state index in [-0.39, 0.29) is 19.7 Å². The van der Waals surface area contributed by atoms with Crippen LogP contribution in [0.15, 0.2) is 24.3 Å². The van der Waals surface area contributed by atoms with Crippen LogP contribution in [-0.4, -0.2) is 47.6 Å². The van der Waals surface area contributed by atoms with Gasteiger partial charge in [-0.3, -0.25) is 4.31 Å². The molecule has 0 saturated heterocycles. The molecule has 1 N–H and O–H groups in total. The third-order valence-electron chi connectivity index (χ3n) is 2.60. The van der Waals surface area contributed by atoms with Gasteiger partial charge in [-0.15, -0.1) is 0 Å². The van der Waals surface area contributed by atoms with Crippen molar-refractivity contribution in [3.05, 3.63) is 24.3 Å². The number of hydrogen-bond acceptors (Lipinski definition) is 5. The smallest absolute Gasteiger partial charge is 0.407 e. The minimum Gasteiger partial charge on any atom is -0.497 e. The number of methoxy groups -OCH3 is 1. The molecule has 0 radical (unpaired) electrons. The molecule has 0 atom stereocenters. The third kappa shape index (κ3) is 5.50. The summed E-state index contributed by atoms with van der Waals surface area (Å²) in [5, 5.41) is 2.49. The average molecular weight is 316 g/mol. The number of ether oxygens (including phenoxy) is 2. The maximum Gasteiger partial charge on any atom is 0.407 e. The number of carbonyl (C=O) groups is 1. The summed E-state index contributed by atoms with van der Waals surface area (Å²) in [6, 6.07) is 6.70. The van der Waals surface area contributed by atoms with Gasteiger partial charge in [-0.05, 0) is 19.1 Å². The Morgan fingerprint density at radius 1 is 1.38 bits per heavy atom. The molecule has 7 nitrogen and oxygen atoms in total. The molecule has 0 fully saturated rings. The van der Waals surface area contributed by atoms with Crippen LogP contribution in [0.25, 0.3) is 0 Å². The first-order valence-corrected chi connectivity index (χ1v) is 8.25. The monoisotopic (exact) mass is 316 g/mol. The van der Waals surface area contributed by atoms with E-state index in [9.17, 15) is 13.2 Å². The molecule has 1 rings (SSSR count). The maximum atomic E-state index is 11.9. The van der Waals surface area contributed by atoms with Gasteiger partial charge in [-0.25, -0.2) is 13.2 Å². The molecule has 118 valence electrons. The summed E-state index contributed by atoms with van der Waals surface area (Å²) in [5.41, 5.74) is 0.475. The largest absolute Gasteiger partial charge is 0.497 e. The Hall–Kier alpha value is -1.96. The minimum absolute atomic E-state index is 0.102. The van der Waals surface area contributed by atoms with Gasteiger partial charge in [0.15, 0.2) is 0 Å². The Morgan fingerprint density at radius 3 is 2.67 bits per heavy atom. The lowest BCUT2D eigenvalue weighted by molar-refractivity contribution is 0.152. The summed E-state index contributed by atoms with van der Waals surface area (Å²) >= 11 is 0. The van der Waals surface area contributed by atoms with Crippen molar-refractivity contribution in [1.29, 1.82) is 0 Å². The number of amides is 1. The summed E-state index contributed by atoms with van der Waals surface area (Å²) in [5.74, 6) is 0.555. The lowest BCUT2D eigenvalue weighted by atomic mass is 10.3. The Morgan fingerprint density at radius 2 is 2.10 bits per heavy atom. The fourth-order valence-electron chi connectivity index (χ4n) is 1.69. The first kappa shape index (κ1) is 17.1. The molecule has 0 aliphatic heterocycles. The Kier molecular flexibility index (Phi) is 6.29. The topological polar surface area (TPSA) is 84.9 Å². The lowest BCUT2D eigenvalue weighted by Gasteiger charge is -2.22. The molecule has 0 heterocycles. The van der Waals surface area contributed by atoms with Crippen LogP contribution in [0.3, 0.4) is 0 Å². The van der Waals surface area contributed by atoms with Gasteiger partial charge < -0.3 is 14.8 Å². The highest BCUT2D eigenvalue weighted by atomic mass is 32.2. The predicted molar refractivity (Wildman–Crippen MR) is 80.2 cm³/mol. The Balaban J connectivity index is 2.80. The second-order valence-corrected chi connectivity index (χ2v) is 6.09. The van der Waals surface area contributed by atoms with Crippen LogP contribution in [0, 0.1) is 0 Å². The number of nitrogens with one attached hydrogen (secondary N) is 1. The molecular weight excluding hydrogens is 296 g/mol. The zero-order valence-electron chi connectivity index (χ0n) is 12.3. The van der Waals surface area contributed by atoms with Crippen molar-refractivity contribution >= 4 is 21.8 Å². The summed E-state index contributed by atoms with van der Waals surface area (Å²) in [4.78, 5) is 11.2. The fourth-order valence-corrected chi connectivity index (χ4v) is 2.61. The lowest BCUT2D eigenvalue weighted by Crippen LogP contribution is -2.38. The van der Waals surface area contributed by atoms with Crippen molar-refractivity contribution in [3.63, 3.8) is 0 Å². The number of anilines is 1. The van der Waals surface area contributed by atoms with E-state index in [1.807, 2.05) is 0 Å². The average Bonchev–Trinajstić information content (AvgIpc) is 2.42. The van der Waals surface area contributed by atoms with Gasteiger partial charge >= 0.3 is 6.09 Å². The minimum atomic E-state index is -3.47. The van der Waals surface area contributed by atoms with Crippen molar-refractivity contribution in [3.8, 4) is 5.75 Å². The van der Waals surface area contributed by atoms with E-state index in [4.69, 9.17) is 9.47 Å². The molecule has 0 unspecified atom stereocenters. The Bertz CT molecular complexity index is 574. The summed E-state index contributed by atoms with van der Waals surface area (Å²) < 4.78 is 34.7. The van der Waals surface area contributed by atoms with Gasteiger partial charge in [-0.1, -0.05) is 6.07 Å². The van der Waals surface area contributed by atoms with Gasteiger partial charge in [0.05, 0.1) is 32.2 Å². The molecule has 0 aromatic heterocycles. The van der Waals surface area contributed by atoms with Crippen LogP contribution in [0.4, 0.5) is 10.5 Å². The molecule has 21 heavy (non-hydrogen) atoms. The molecular formula is C13H20N2O5S. The zero-order chi connectivity index (χ0) is 15.9. The van der Waals surface area contributed by atoms with E-state index < -0.39 is 16.1 Å². The zero-order valence-corrected chi connectivity index (χ0v) is 13.1. The number of sulfonamides is 1. The highest BCUT2D eigenvalue weighted by molar-refractivity contribution is 7.92. The fraction of sp³-hybridized carbons (Fsp3) is 0.462. The number of rotatable bonds is 7.